The minimum atomic E-state index is -0.0815. The molecule has 0 radical (unpaired) electrons. The van der Waals surface area contributed by atoms with Gasteiger partial charge in [-0.15, -0.1) is 0 Å². The van der Waals surface area contributed by atoms with Gasteiger partial charge in [-0.05, 0) is 45.7 Å². The molecule has 1 N–H and O–H groups in total. The van der Waals surface area contributed by atoms with Crippen LogP contribution in [-0.2, 0) is 30.8 Å². The second-order valence-electron chi connectivity index (χ2n) is 8.43. The maximum atomic E-state index is 12.8. The van der Waals surface area contributed by atoms with Crippen molar-refractivity contribution in [1.29, 1.82) is 0 Å². The molecule has 0 bridgehead atoms. The van der Waals surface area contributed by atoms with Crippen LogP contribution < -0.4 is 10.1 Å². The van der Waals surface area contributed by atoms with E-state index in [-0.39, 0.29) is 18.0 Å². The number of carbonyl (C=O) groups is 2. The van der Waals surface area contributed by atoms with Gasteiger partial charge in [-0.1, -0.05) is 12.1 Å². The molecule has 0 spiro atoms. The van der Waals surface area contributed by atoms with Crippen molar-refractivity contribution in [3.63, 3.8) is 0 Å². The van der Waals surface area contributed by atoms with Crippen molar-refractivity contribution in [2.45, 2.75) is 66.2 Å². The van der Waals surface area contributed by atoms with Gasteiger partial charge in [0.25, 0.3) is 0 Å². The summed E-state index contributed by atoms with van der Waals surface area (Å²) in [6.07, 6.45) is 4.90. The van der Waals surface area contributed by atoms with Gasteiger partial charge in [-0.3, -0.25) is 9.48 Å². The van der Waals surface area contributed by atoms with Crippen molar-refractivity contribution in [2.75, 3.05) is 19.7 Å². The SMILES string of the molecule is CCN(Cc1cnn(CC)c1)C(=O)CCc1ccc2c(c1)CN(C(=O)NC(C)C)CCO2. The normalized spacial score (nSPS) is 13.3. The molecule has 1 aromatic carbocycles. The predicted octanol–water partition coefficient (Wildman–Crippen LogP) is 3.20. The number of benzene rings is 1. The molecule has 0 saturated heterocycles. The van der Waals surface area contributed by atoms with E-state index in [1.807, 2.05) is 61.8 Å². The van der Waals surface area contributed by atoms with E-state index in [2.05, 4.69) is 16.5 Å². The van der Waals surface area contributed by atoms with Crippen LogP contribution in [0.15, 0.2) is 30.6 Å². The number of rotatable bonds is 8. The average molecular weight is 442 g/mol. The molecule has 1 aliphatic rings. The summed E-state index contributed by atoms with van der Waals surface area (Å²) < 4.78 is 7.71. The van der Waals surface area contributed by atoms with Gasteiger partial charge < -0.3 is 19.9 Å². The molecule has 0 unspecified atom stereocenters. The first-order chi connectivity index (χ1) is 15.4. The summed E-state index contributed by atoms with van der Waals surface area (Å²) in [6, 6.07) is 6.03. The first-order valence-electron chi connectivity index (χ1n) is 11.5. The quantitative estimate of drug-likeness (QED) is 0.682. The third kappa shape index (κ3) is 6.24. The van der Waals surface area contributed by atoms with Crippen LogP contribution >= 0.6 is 0 Å². The van der Waals surface area contributed by atoms with Crippen LogP contribution in [0.2, 0.25) is 0 Å². The molecule has 3 amide bonds. The summed E-state index contributed by atoms with van der Waals surface area (Å²) >= 11 is 0. The van der Waals surface area contributed by atoms with Crippen molar-refractivity contribution in [2.24, 2.45) is 0 Å². The average Bonchev–Trinajstić information content (AvgIpc) is 3.12. The Hall–Kier alpha value is -3.03. The highest BCUT2D eigenvalue weighted by molar-refractivity contribution is 5.76. The fourth-order valence-corrected chi connectivity index (χ4v) is 3.78. The number of aryl methyl sites for hydroxylation is 2. The van der Waals surface area contributed by atoms with Gasteiger partial charge in [0.05, 0.1) is 19.3 Å². The van der Waals surface area contributed by atoms with E-state index in [1.54, 1.807) is 4.90 Å². The van der Waals surface area contributed by atoms with E-state index in [1.165, 1.54) is 0 Å². The molecular formula is C24H35N5O3. The van der Waals surface area contributed by atoms with E-state index in [0.29, 0.717) is 45.6 Å². The molecule has 8 nitrogen and oxygen atoms in total. The predicted molar refractivity (Wildman–Crippen MR) is 123 cm³/mol. The molecule has 0 atom stereocenters. The lowest BCUT2D eigenvalue weighted by molar-refractivity contribution is -0.131. The van der Waals surface area contributed by atoms with Gasteiger partial charge in [-0.2, -0.15) is 5.10 Å². The maximum absolute atomic E-state index is 12.8. The molecule has 3 rings (SSSR count). The van der Waals surface area contributed by atoms with Crippen molar-refractivity contribution in [1.82, 2.24) is 24.9 Å². The lowest BCUT2D eigenvalue weighted by Crippen LogP contribution is -2.43. The van der Waals surface area contributed by atoms with Gasteiger partial charge in [0.2, 0.25) is 5.91 Å². The zero-order valence-electron chi connectivity index (χ0n) is 19.6. The standard InChI is InChI=1S/C24H35N5O3/c1-5-27(15-20-14-25-29(6-2)16-20)23(30)10-8-19-7-9-22-21(13-19)17-28(11-12-32-22)24(31)26-18(3)4/h7,9,13-14,16,18H,5-6,8,10-12,15,17H2,1-4H3,(H,26,31). The lowest BCUT2D eigenvalue weighted by Gasteiger charge is -2.22. The van der Waals surface area contributed by atoms with Crippen LogP contribution in [-0.4, -0.2) is 57.3 Å². The molecule has 0 saturated carbocycles. The monoisotopic (exact) mass is 441 g/mol. The highest BCUT2D eigenvalue weighted by atomic mass is 16.5. The van der Waals surface area contributed by atoms with Crippen LogP contribution in [0, 0.1) is 0 Å². The number of nitrogens with zero attached hydrogens (tertiary/aromatic N) is 4. The Balaban J connectivity index is 1.61. The summed E-state index contributed by atoms with van der Waals surface area (Å²) in [5, 5.41) is 7.24. The van der Waals surface area contributed by atoms with Crippen molar-refractivity contribution in [3.8, 4) is 5.75 Å². The number of aromatic nitrogens is 2. The Morgan fingerprint density at radius 2 is 2.06 bits per heavy atom. The number of nitrogens with one attached hydrogen (secondary N) is 1. The lowest BCUT2D eigenvalue weighted by atomic mass is 10.0. The van der Waals surface area contributed by atoms with Crippen LogP contribution in [0.25, 0.3) is 0 Å². The smallest absolute Gasteiger partial charge is 0.318 e. The summed E-state index contributed by atoms with van der Waals surface area (Å²) in [5.74, 6) is 0.934. The fraction of sp³-hybridized carbons (Fsp3) is 0.542. The van der Waals surface area contributed by atoms with E-state index in [9.17, 15) is 9.59 Å². The summed E-state index contributed by atoms with van der Waals surface area (Å²) in [5.41, 5.74) is 3.09. The minimum Gasteiger partial charge on any atom is -0.491 e. The van der Waals surface area contributed by atoms with E-state index >= 15 is 0 Å². The summed E-state index contributed by atoms with van der Waals surface area (Å²) in [4.78, 5) is 28.9. The molecule has 0 aliphatic carbocycles. The molecule has 2 heterocycles. The van der Waals surface area contributed by atoms with Gasteiger partial charge in [-0.25, -0.2) is 4.79 Å². The summed E-state index contributed by atoms with van der Waals surface area (Å²) in [6.45, 7) is 11.5. The molecule has 0 fully saturated rings. The number of urea groups is 1. The Bertz CT molecular complexity index is 924. The van der Waals surface area contributed by atoms with Crippen LogP contribution in [0.3, 0.4) is 0 Å². The second-order valence-corrected chi connectivity index (χ2v) is 8.43. The Morgan fingerprint density at radius 3 is 2.75 bits per heavy atom. The van der Waals surface area contributed by atoms with Crippen LogP contribution in [0.5, 0.6) is 5.75 Å². The third-order valence-corrected chi connectivity index (χ3v) is 5.55. The highest BCUT2D eigenvalue weighted by Gasteiger charge is 2.21. The van der Waals surface area contributed by atoms with Crippen molar-refractivity contribution in [3.05, 3.63) is 47.3 Å². The number of fused-ring (bicyclic) bond motifs is 1. The maximum Gasteiger partial charge on any atom is 0.318 e. The van der Waals surface area contributed by atoms with Gasteiger partial charge >= 0.3 is 6.03 Å². The molecular weight excluding hydrogens is 406 g/mol. The van der Waals surface area contributed by atoms with E-state index < -0.39 is 0 Å². The molecule has 174 valence electrons. The number of amides is 3. The largest absolute Gasteiger partial charge is 0.491 e. The Labute approximate surface area is 190 Å². The topological polar surface area (TPSA) is 79.7 Å². The molecule has 1 aliphatic heterocycles. The van der Waals surface area contributed by atoms with Crippen LogP contribution in [0.1, 0.15) is 50.8 Å². The van der Waals surface area contributed by atoms with Gasteiger partial charge in [0.1, 0.15) is 12.4 Å². The zero-order chi connectivity index (χ0) is 23.1. The number of ether oxygens (including phenoxy) is 1. The molecule has 8 heteroatoms. The van der Waals surface area contributed by atoms with Crippen LogP contribution in [0.4, 0.5) is 4.79 Å². The zero-order valence-corrected chi connectivity index (χ0v) is 19.6. The highest BCUT2D eigenvalue weighted by Crippen LogP contribution is 2.25. The molecule has 1 aromatic heterocycles. The van der Waals surface area contributed by atoms with Gasteiger partial charge in [0.15, 0.2) is 0 Å². The fourth-order valence-electron chi connectivity index (χ4n) is 3.78. The number of hydrogen-bond acceptors (Lipinski definition) is 4. The summed E-state index contributed by atoms with van der Waals surface area (Å²) in [7, 11) is 0. The first-order valence-corrected chi connectivity index (χ1v) is 11.5. The van der Waals surface area contributed by atoms with E-state index in [4.69, 9.17) is 4.74 Å². The van der Waals surface area contributed by atoms with E-state index in [0.717, 1.165) is 29.0 Å². The molecule has 32 heavy (non-hydrogen) atoms. The van der Waals surface area contributed by atoms with Gasteiger partial charge in [0, 0.05) is 49.4 Å². The third-order valence-electron chi connectivity index (χ3n) is 5.55. The van der Waals surface area contributed by atoms with Crippen molar-refractivity contribution < 1.29 is 14.3 Å². The Kier molecular flexibility index (Phi) is 8.14. The minimum absolute atomic E-state index is 0.0815. The first kappa shape index (κ1) is 23.6. The number of hydrogen-bond donors (Lipinski definition) is 1. The second kappa shape index (κ2) is 11.0. The Morgan fingerprint density at radius 1 is 1.25 bits per heavy atom. The van der Waals surface area contributed by atoms with Crippen molar-refractivity contribution >= 4 is 11.9 Å². The molecule has 2 aromatic rings. The number of carbonyl (C=O) groups excluding carboxylic acids is 2.